The van der Waals surface area contributed by atoms with Crippen LogP contribution in [0.4, 0.5) is 0 Å². The summed E-state index contributed by atoms with van der Waals surface area (Å²) in [7, 11) is 0. The van der Waals surface area contributed by atoms with Crippen molar-refractivity contribution in [3.05, 3.63) is 34.9 Å². The molecule has 0 bridgehead atoms. The fourth-order valence-electron chi connectivity index (χ4n) is 3.09. The highest BCUT2D eigenvalue weighted by atomic mass is 15.2. The summed E-state index contributed by atoms with van der Waals surface area (Å²) < 4.78 is 0. The molecule has 0 saturated carbocycles. The van der Waals surface area contributed by atoms with E-state index in [1.165, 1.54) is 42.5 Å². The third kappa shape index (κ3) is 3.12. The summed E-state index contributed by atoms with van der Waals surface area (Å²) in [5.74, 6) is 0. The highest BCUT2D eigenvalue weighted by Gasteiger charge is 2.24. The summed E-state index contributed by atoms with van der Waals surface area (Å²) in [4.78, 5) is 2.66. The number of likely N-dealkylation sites (tertiary alicyclic amines) is 1. The van der Waals surface area contributed by atoms with Crippen molar-refractivity contribution in [3.63, 3.8) is 0 Å². The van der Waals surface area contributed by atoms with Crippen LogP contribution in [0.2, 0.25) is 0 Å². The minimum absolute atomic E-state index is 0.757. The largest absolute Gasteiger partial charge is 0.330 e. The lowest BCUT2D eigenvalue weighted by molar-refractivity contribution is 0.231. The Labute approximate surface area is 111 Å². The summed E-state index contributed by atoms with van der Waals surface area (Å²) in [5.41, 5.74) is 10.0. The molecular formula is C16H26N2. The van der Waals surface area contributed by atoms with Crippen LogP contribution in [0.3, 0.4) is 0 Å². The summed E-state index contributed by atoms with van der Waals surface area (Å²) >= 11 is 0. The zero-order chi connectivity index (χ0) is 13.0. The number of aryl methyl sites for hydroxylation is 2. The van der Waals surface area contributed by atoms with E-state index in [-0.39, 0.29) is 0 Å². The van der Waals surface area contributed by atoms with E-state index in [9.17, 15) is 0 Å². The van der Waals surface area contributed by atoms with Gasteiger partial charge in [0.25, 0.3) is 0 Å². The van der Waals surface area contributed by atoms with Crippen molar-refractivity contribution in [2.45, 2.75) is 52.1 Å². The second-order valence-electron chi connectivity index (χ2n) is 5.57. The lowest BCUT2D eigenvalue weighted by Crippen LogP contribution is -2.30. The van der Waals surface area contributed by atoms with Crippen LogP contribution in [0, 0.1) is 13.8 Å². The minimum Gasteiger partial charge on any atom is -0.330 e. The molecule has 18 heavy (non-hydrogen) atoms. The minimum atomic E-state index is 0.757. The van der Waals surface area contributed by atoms with Gasteiger partial charge in [-0.2, -0.15) is 0 Å². The van der Waals surface area contributed by atoms with E-state index in [1.54, 1.807) is 0 Å². The monoisotopic (exact) mass is 246 g/mol. The molecule has 0 spiro atoms. The fourth-order valence-corrected chi connectivity index (χ4v) is 3.09. The molecule has 1 fully saturated rings. The van der Waals surface area contributed by atoms with Gasteiger partial charge in [0.15, 0.2) is 0 Å². The number of benzene rings is 1. The summed E-state index contributed by atoms with van der Waals surface area (Å²) in [6.45, 7) is 7.66. The first-order valence-corrected chi connectivity index (χ1v) is 7.21. The van der Waals surface area contributed by atoms with Gasteiger partial charge in [-0.3, -0.25) is 4.90 Å². The second-order valence-corrected chi connectivity index (χ2v) is 5.57. The molecule has 1 aliphatic heterocycles. The molecule has 0 aliphatic carbocycles. The molecule has 1 unspecified atom stereocenters. The first-order chi connectivity index (χ1) is 8.72. The molecule has 1 aromatic carbocycles. The van der Waals surface area contributed by atoms with Gasteiger partial charge in [0, 0.05) is 12.6 Å². The van der Waals surface area contributed by atoms with Crippen LogP contribution in [-0.4, -0.2) is 24.0 Å². The quantitative estimate of drug-likeness (QED) is 0.865. The lowest BCUT2D eigenvalue weighted by Gasteiger charge is -2.26. The van der Waals surface area contributed by atoms with E-state index in [0.29, 0.717) is 0 Å². The molecule has 1 atom stereocenters. The first-order valence-electron chi connectivity index (χ1n) is 7.21. The Morgan fingerprint density at radius 3 is 2.67 bits per heavy atom. The molecule has 2 nitrogen and oxygen atoms in total. The molecule has 1 heterocycles. The zero-order valence-electron chi connectivity index (χ0n) is 11.8. The number of nitrogens with zero attached hydrogens (tertiary/aromatic N) is 1. The highest BCUT2D eigenvalue weighted by Crippen LogP contribution is 2.25. The van der Waals surface area contributed by atoms with Crippen molar-refractivity contribution in [3.8, 4) is 0 Å². The van der Waals surface area contributed by atoms with Gasteiger partial charge in [-0.15, -0.1) is 0 Å². The van der Waals surface area contributed by atoms with E-state index in [0.717, 1.165) is 25.6 Å². The predicted molar refractivity (Wildman–Crippen MR) is 77.6 cm³/mol. The van der Waals surface area contributed by atoms with Gasteiger partial charge in [-0.05, 0) is 69.3 Å². The Morgan fingerprint density at radius 2 is 2.00 bits per heavy atom. The molecule has 2 heteroatoms. The van der Waals surface area contributed by atoms with E-state index in [1.807, 2.05) is 0 Å². The predicted octanol–water partition coefficient (Wildman–Crippen LogP) is 3.01. The van der Waals surface area contributed by atoms with Crippen LogP contribution in [-0.2, 0) is 6.54 Å². The van der Waals surface area contributed by atoms with Gasteiger partial charge in [-0.25, -0.2) is 0 Å². The third-order valence-corrected chi connectivity index (χ3v) is 4.25. The van der Waals surface area contributed by atoms with E-state index < -0.39 is 0 Å². The van der Waals surface area contributed by atoms with Crippen LogP contribution in [0.5, 0.6) is 0 Å². The highest BCUT2D eigenvalue weighted by molar-refractivity contribution is 5.33. The van der Waals surface area contributed by atoms with Crippen LogP contribution in [0.1, 0.15) is 42.4 Å². The van der Waals surface area contributed by atoms with Gasteiger partial charge in [0.2, 0.25) is 0 Å². The Balaban J connectivity index is 2.03. The summed E-state index contributed by atoms with van der Waals surface area (Å²) in [5, 5.41) is 0. The van der Waals surface area contributed by atoms with Gasteiger partial charge in [-0.1, -0.05) is 18.2 Å². The lowest BCUT2D eigenvalue weighted by atomic mass is 10.0. The van der Waals surface area contributed by atoms with Crippen molar-refractivity contribution in [2.75, 3.05) is 13.1 Å². The fraction of sp³-hybridized carbons (Fsp3) is 0.625. The SMILES string of the molecule is Cc1cccc(C)c1CN1CCCC1CCCN. The Bertz CT molecular complexity index is 366. The van der Waals surface area contributed by atoms with Gasteiger partial charge >= 0.3 is 0 Å². The van der Waals surface area contributed by atoms with E-state index in [2.05, 4.69) is 36.9 Å². The van der Waals surface area contributed by atoms with Crippen molar-refractivity contribution < 1.29 is 0 Å². The summed E-state index contributed by atoms with van der Waals surface area (Å²) in [6.07, 6.45) is 5.13. The second kappa shape index (κ2) is 6.35. The van der Waals surface area contributed by atoms with Gasteiger partial charge < -0.3 is 5.73 Å². The average Bonchev–Trinajstić information content (AvgIpc) is 2.79. The van der Waals surface area contributed by atoms with Crippen molar-refractivity contribution >= 4 is 0 Å². The maximum Gasteiger partial charge on any atom is 0.0241 e. The first kappa shape index (κ1) is 13.6. The molecule has 2 N–H and O–H groups in total. The average molecular weight is 246 g/mol. The molecule has 1 aliphatic rings. The Hall–Kier alpha value is -0.860. The molecule has 0 amide bonds. The maximum atomic E-state index is 5.63. The molecule has 0 radical (unpaired) electrons. The summed E-state index contributed by atoms with van der Waals surface area (Å²) in [6, 6.07) is 7.37. The standard InChI is InChI=1S/C16H26N2/c1-13-6-3-7-14(2)16(13)12-18-11-5-9-15(18)8-4-10-17/h3,6-7,15H,4-5,8-12,17H2,1-2H3. The van der Waals surface area contributed by atoms with Gasteiger partial charge in [0.1, 0.15) is 0 Å². The molecule has 2 rings (SSSR count). The van der Waals surface area contributed by atoms with Crippen molar-refractivity contribution in [2.24, 2.45) is 5.73 Å². The van der Waals surface area contributed by atoms with Crippen molar-refractivity contribution in [1.82, 2.24) is 4.90 Å². The van der Waals surface area contributed by atoms with E-state index in [4.69, 9.17) is 5.73 Å². The number of nitrogens with two attached hydrogens (primary N) is 1. The third-order valence-electron chi connectivity index (χ3n) is 4.25. The van der Waals surface area contributed by atoms with Crippen LogP contribution in [0.25, 0.3) is 0 Å². The Kier molecular flexibility index (Phi) is 4.79. The number of rotatable bonds is 5. The molecule has 0 aromatic heterocycles. The topological polar surface area (TPSA) is 29.3 Å². The van der Waals surface area contributed by atoms with E-state index >= 15 is 0 Å². The zero-order valence-corrected chi connectivity index (χ0v) is 11.8. The van der Waals surface area contributed by atoms with Gasteiger partial charge in [0.05, 0.1) is 0 Å². The number of hydrogen-bond donors (Lipinski definition) is 1. The van der Waals surface area contributed by atoms with Crippen molar-refractivity contribution in [1.29, 1.82) is 0 Å². The Morgan fingerprint density at radius 1 is 1.28 bits per heavy atom. The van der Waals surface area contributed by atoms with Crippen LogP contribution >= 0.6 is 0 Å². The van der Waals surface area contributed by atoms with Crippen LogP contribution in [0.15, 0.2) is 18.2 Å². The smallest absolute Gasteiger partial charge is 0.0241 e. The molecule has 100 valence electrons. The maximum absolute atomic E-state index is 5.63. The molecule has 1 aromatic rings. The number of hydrogen-bond acceptors (Lipinski definition) is 2. The normalized spacial score (nSPS) is 20.5. The molecule has 1 saturated heterocycles. The molecular weight excluding hydrogens is 220 g/mol. The van der Waals surface area contributed by atoms with Crippen LogP contribution < -0.4 is 5.73 Å².